The first-order valence-corrected chi connectivity index (χ1v) is 11.7. The van der Waals surface area contributed by atoms with Crippen LogP contribution in [0.3, 0.4) is 0 Å². The van der Waals surface area contributed by atoms with Crippen LogP contribution in [0, 0.1) is 0 Å². The molecule has 3 aromatic rings. The smallest absolute Gasteiger partial charge is 0.323 e. The molecule has 0 aromatic heterocycles. The number of aromatic hydroxyl groups is 2. The van der Waals surface area contributed by atoms with Gasteiger partial charge in [0.15, 0.2) is 0 Å². The van der Waals surface area contributed by atoms with Crippen LogP contribution in [-0.2, 0) is 28.8 Å². The molecule has 0 bridgehead atoms. The number of phenols is 2. The molecule has 0 saturated heterocycles. The number of hydrogen-bond donors (Lipinski definition) is 3. The number of nitrogens with two attached hydrogens (primary N) is 1. The fraction of sp³-hybridized carbons (Fsp3) is 0.321. The molecule has 186 valence electrons. The average molecular weight is 479 g/mol. The highest BCUT2D eigenvalue weighted by Crippen LogP contribution is 2.21. The van der Waals surface area contributed by atoms with Crippen molar-refractivity contribution in [3.63, 3.8) is 0 Å². The van der Waals surface area contributed by atoms with Crippen LogP contribution in [0.1, 0.15) is 16.7 Å². The highest BCUT2D eigenvalue weighted by molar-refractivity contribution is 5.76. The number of aryl methyl sites for hydroxylation is 2. The van der Waals surface area contributed by atoms with Crippen molar-refractivity contribution in [3.05, 3.63) is 89.5 Å². The molecule has 0 aliphatic carbocycles. The number of nitrogens with zero attached hydrogens (tertiary/aromatic N) is 1. The number of para-hydroxylation sites is 1. The molecule has 4 N–H and O–H groups in total. The van der Waals surface area contributed by atoms with Crippen molar-refractivity contribution in [1.29, 1.82) is 0 Å². The van der Waals surface area contributed by atoms with Crippen molar-refractivity contribution in [2.45, 2.75) is 31.4 Å². The third-order valence-electron chi connectivity index (χ3n) is 5.56. The van der Waals surface area contributed by atoms with Crippen LogP contribution in [0.2, 0.25) is 0 Å². The second kappa shape index (κ2) is 12.8. The molecule has 0 heterocycles. The lowest BCUT2D eigenvalue weighted by atomic mass is 10.0. The summed E-state index contributed by atoms with van der Waals surface area (Å²) >= 11 is 0. The number of phenolic OH excluding ortho intramolecular Hbond substituents is 2. The Balaban J connectivity index is 1.58. The normalized spacial score (nSPS) is 12.8. The number of hydrogen-bond acceptors (Lipinski definition) is 7. The summed E-state index contributed by atoms with van der Waals surface area (Å²) < 4.78 is 11.8. The Morgan fingerprint density at radius 2 is 1.49 bits per heavy atom. The Kier molecular flexibility index (Phi) is 9.52. The summed E-state index contributed by atoms with van der Waals surface area (Å²) in [5.74, 6) is 0.673. The molecule has 0 radical (unpaired) electrons. The minimum Gasteiger partial charge on any atom is -0.508 e. The molecule has 0 aliphatic heterocycles. The number of ether oxygens (including phenoxy) is 2. The lowest BCUT2D eigenvalue weighted by molar-refractivity contribution is -0.152. The van der Waals surface area contributed by atoms with Crippen LogP contribution in [0.15, 0.2) is 72.8 Å². The number of rotatable bonds is 12. The van der Waals surface area contributed by atoms with Gasteiger partial charge in [-0.3, -0.25) is 4.79 Å². The summed E-state index contributed by atoms with van der Waals surface area (Å²) in [4.78, 5) is 14.6. The first-order valence-electron chi connectivity index (χ1n) is 11.7. The molecule has 3 aromatic carbocycles. The topological polar surface area (TPSA) is 105 Å². The van der Waals surface area contributed by atoms with Crippen LogP contribution >= 0.6 is 0 Å². The van der Waals surface area contributed by atoms with Crippen molar-refractivity contribution in [3.8, 4) is 17.2 Å². The van der Waals surface area contributed by atoms with E-state index in [4.69, 9.17) is 15.2 Å². The van der Waals surface area contributed by atoms with Gasteiger partial charge in [0.2, 0.25) is 0 Å². The Morgan fingerprint density at radius 1 is 0.886 bits per heavy atom. The molecular weight excluding hydrogens is 444 g/mol. The monoisotopic (exact) mass is 478 g/mol. The molecule has 0 spiro atoms. The van der Waals surface area contributed by atoms with Gasteiger partial charge in [-0.15, -0.1) is 0 Å². The van der Waals surface area contributed by atoms with Gasteiger partial charge in [-0.25, -0.2) is 0 Å². The maximum atomic E-state index is 12.7. The molecular formula is C28H34N2O5. The predicted octanol–water partition coefficient (Wildman–Crippen LogP) is 3.31. The van der Waals surface area contributed by atoms with E-state index in [-0.39, 0.29) is 18.1 Å². The lowest BCUT2D eigenvalue weighted by Crippen LogP contribution is -2.41. The molecule has 35 heavy (non-hydrogen) atoms. The minimum absolute atomic E-state index is 0.163. The number of carbonyl (C=O) groups is 1. The summed E-state index contributed by atoms with van der Waals surface area (Å²) in [5.41, 5.74) is 9.12. The Morgan fingerprint density at radius 3 is 2.11 bits per heavy atom. The molecule has 0 amide bonds. The van der Waals surface area contributed by atoms with Crippen molar-refractivity contribution in [2.24, 2.45) is 5.73 Å². The molecule has 0 unspecified atom stereocenters. The molecule has 2 atom stereocenters. The molecule has 0 fully saturated rings. The largest absolute Gasteiger partial charge is 0.508 e. The third kappa shape index (κ3) is 8.63. The van der Waals surface area contributed by atoms with E-state index in [0.717, 1.165) is 35.3 Å². The quantitative estimate of drug-likeness (QED) is 0.343. The fourth-order valence-electron chi connectivity index (χ4n) is 3.73. The van der Waals surface area contributed by atoms with Crippen LogP contribution in [0.5, 0.6) is 17.2 Å². The molecule has 0 saturated carbocycles. The summed E-state index contributed by atoms with van der Waals surface area (Å²) in [6, 6.07) is 20.8. The van der Waals surface area contributed by atoms with Gasteiger partial charge >= 0.3 is 5.97 Å². The zero-order chi connectivity index (χ0) is 25.2. The SMILES string of the molecule is CN(C)C[C@H](COc1ccccc1CCc1ccc(O)cc1)OC(=O)[C@H](N)Cc1ccc(O)cc1. The standard InChI is InChI=1S/C28H34N2O5/c1-30(2)18-25(35-28(33)26(29)17-21-10-15-24(32)16-11-21)19-34-27-6-4-3-5-22(27)12-7-20-8-13-23(31)14-9-20/h3-6,8-11,13-16,25-26,31-32H,7,12,17-19,29H2,1-2H3/t25-,26-/m1/s1. The minimum atomic E-state index is -0.818. The van der Waals surface area contributed by atoms with E-state index in [2.05, 4.69) is 0 Å². The third-order valence-corrected chi connectivity index (χ3v) is 5.56. The summed E-state index contributed by atoms with van der Waals surface area (Å²) in [6.45, 7) is 0.694. The first-order chi connectivity index (χ1) is 16.8. The van der Waals surface area contributed by atoms with Crippen molar-refractivity contribution >= 4 is 5.97 Å². The maximum Gasteiger partial charge on any atom is 0.323 e. The number of likely N-dealkylation sites (N-methyl/N-ethyl adjacent to an activating group) is 1. The zero-order valence-corrected chi connectivity index (χ0v) is 20.3. The van der Waals surface area contributed by atoms with E-state index < -0.39 is 18.1 Å². The Hall–Kier alpha value is -3.55. The van der Waals surface area contributed by atoms with Crippen molar-refractivity contribution in [2.75, 3.05) is 27.2 Å². The fourth-order valence-corrected chi connectivity index (χ4v) is 3.73. The second-order valence-electron chi connectivity index (χ2n) is 8.88. The molecule has 7 heteroatoms. The zero-order valence-electron chi connectivity index (χ0n) is 20.3. The van der Waals surface area contributed by atoms with Gasteiger partial charge in [-0.1, -0.05) is 42.5 Å². The van der Waals surface area contributed by atoms with Gasteiger partial charge in [-0.05, 0) is 80.4 Å². The van der Waals surface area contributed by atoms with E-state index in [1.807, 2.05) is 55.4 Å². The van der Waals surface area contributed by atoms with Crippen LogP contribution in [-0.4, -0.2) is 60.5 Å². The first kappa shape index (κ1) is 26.1. The van der Waals surface area contributed by atoms with E-state index in [1.54, 1.807) is 36.4 Å². The van der Waals surface area contributed by atoms with E-state index in [9.17, 15) is 15.0 Å². The summed E-state index contributed by atoms with van der Waals surface area (Å²) in [6.07, 6.45) is 1.40. The average Bonchev–Trinajstić information content (AvgIpc) is 2.83. The van der Waals surface area contributed by atoms with Gasteiger partial charge < -0.3 is 30.3 Å². The number of benzene rings is 3. The van der Waals surface area contributed by atoms with E-state index >= 15 is 0 Å². The van der Waals surface area contributed by atoms with Gasteiger partial charge in [0.05, 0.1) is 0 Å². The number of carbonyl (C=O) groups excluding carboxylic acids is 1. The van der Waals surface area contributed by atoms with Gasteiger partial charge in [0.25, 0.3) is 0 Å². The lowest BCUT2D eigenvalue weighted by Gasteiger charge is -2.24. The van der Waals surface area contributed by atoms with E-state index in [1.165, 1.54) is 0 Å². The van der Waals surface area contributed by atoms with Gasteiger partial charge in [-0.2, -0.15) is 0 Å². The summed E-state index contributed by atoms with van der Waals surface area (Å²) in [7, 11) is 3.81. The summed E-state index contributed by atoms with van der Waals surface area (Å²) in [5, 5.41) is 18.9. The Bertz CT molecular complexity index is 1070. The highest BCUT2D eigenvalue weighted by atomic mass is 16.6. The van der Waals surface area contributed by atoms with Crippen LogP contribution in [0.4, 0.5) is 0 Å². The van der Waals surface area contributed by atoms with Gasteiger partial charge in [0.1, 0.15) is 36.0 Å². The van der Waals surface area contributed by atoms with Gasteiger partial charge in [0, 0.05) is 6.54 Å². The number of esters is 1. The maximum absolute atomic E-state index is 12.7. The predicted molar refractivity (Wildman–Crippen MR) is 136 cm³/mol. The van der Waals surface area contributed by atoms with E-state index in [0.29, 0.717) is 13.0 Å². The van der Waals surface area contributed by atoms with Crippen LogP contribution < -0.4 is 10.5 Å². The Labute approximate surface area is 206 Å². The molecule has 0 aliphatic rings. The molecule has 7 nitrogen and oxygen atoms in total. The van der Waals surface area contributed by atoms with Crippen molar-refractivity contribution < 1.29 is 24.5 Å². The molecule has 3 rings (SSSR count). The van der Waals surface area contributed by atoms with Crippen LogP contribution in [0.25, 0.3) is 0 Å². The van der Waals surface area contributed by atoms with Crippen molar-refractivity contribution in [1.82, 2.24) is 4.90 Å². The second-order valence-corrected chi connectivity index (χ2v) is 8.88. The highest BCUT2D eigenvalue weighted by Gasteiger charge is 2.22.